The smallest absolute Gasteiger partial charge is 0.224 e. The Hall–Kier alpha value is -0.850. The maximum atomic E-state index is 12.2. The third-order valence-electron chi connectivity index (χ3n) is 4.38. The molecule has 2 rings (SSSR count). The van der Waals surface area contributed by atoms with E-state index in [0.29, 0.717) is 13.1 Å². The quantitative estimate of drug-likeness (QED) is 0.747. The van der Waals surface area contributed by atoms with Gasteiger partial charge in [-0.2, -0.15) is 0 Å². The number of carbonyl (C=O) groups excluding carboxylic acids is 1. The number of hydrogen-bond acceptors (Lipinski definition) is 4. The summed E-state index contributed by atoms with van der Waals surface area (Å²) in [6.07, 6.45) is 0. The molecule has 2 unspecified atom stereocenters. The topological polar surface area (TPSA) is 53.6 Å². The van der Waals surface area contributed by atoms with Crippen molar-refractivity contribution in [2.75, 3.05) is 46.4 Å². The molecule has 1 saturated heterocycles. The molecule has 0 bridgehead atoms. The maximum absolute atomic E-state index is 12.2. The molecule has 0 spiro atoms. The second kappa shape index (κ2) is 12.5. The molecule has 25 heavy (non-hydrogen) atoms. The number of halogens is 2. The molecule has 0 radical (unpaired) electrons. The molecule has 1 fully saturated rings. The number of benzene rings is 1. The lowest BCUT2D eigenvalue weighted by molar-refractivity contribution is -0.124. The predicted molar refractivity (Wildman–Crippen MR) is 107 cm³/mol. The molecule has 5 nitrogen and oxygen atoms in total. The molecule has 1 aromatic carbocycles. The van der Waals surface area contributed by atoms with E-state index in [9.17, 15) is 4.79 Å². The minimum absolute atomic E-state index is 0. The third kappa shape index (κ3) is 7.50. The maximum Gasteiger partial charge on any atom is 0.224 e. The van der Waals surface area contributed by atoms with Crippen LogP contribution in [0.4, 0.5) is 0 Å². The Morgan fingerprint density at radius 2 is 1.76 bits per heavy atom. The summed E-state index contributed by atoms with van der Waals surface area (Å²) >= 11 is 0. The molecule has 7 heteroatoms. The average molecular weight is 392 g/mol. The van der Waals surface area contributed by atoms with Crippen LogP contribution in [0.2, 0.25) is 0 Å². The van der Waals surface area contributed by atoms with Gasteiger partial charge in [-0.25, -0.2) is 0 Å². The van der Waals surface area contributed by atoms with E-state index < -0.39 is 0 Å². The molecule has 0 aromatic heterocycles. The second-order valence-corrected chi connectivity index (χ2v) is 6.28. The lowest BCUT2D eigenvalue weighted by atomic mass is 10.0. The van der Waals surface area contributed by atoms with Crippen molar-refractivity contribution in [3.63, 3.8) is 0 Å². The van der Waals surface area contributed by atoms with Crippen LogP contribution in [0.1, 0.15) is 24.1 Å². The summed E-state index contributed by atoms with van der Waals surface area (Å²) in [5, 5.41) is 6.17. The fourth-order valence-electron chi connectivity index (χ4n) is 2.91. The highest BCUT2D eigenvalue weighted by Crippen LogP contribution is 2.22. The Kier molecular flexibility index (Phi) is 12.1. The molecule has 1 amide bonds. The standard InChI is InChI=1S/C18H29N3O2.2ClH/c1-14-4-6-16(7-5-14)17(21-8-10-23-11-9-21)13-20-18(22)15(2)12-19-3;;/h4-7,15,17,19H,8-13H2,1-3H3,(H,20,22);2*1H. The van der Waals surface area contributed by atoms with E-state index in [4.69, 9.17) is 4.74 Å². The fraction of sp³-hybridized carbons (Fsp3) is 0.611. The summed E-state index contributed by atoms with van der Waals surface area (Å²) in [5.74, 6) is 0.0769. The van der Waals surface area contributed by atoms with Crippen molar-refractivity contribution in [2.45, 2.75) is 19.9 Å². The highest BCUT2D eigenvalue weighted by atomic mass is 35.5. The van der Waals surface area contributed by atoms with E-state index in [-0.39, 0.29) is 42.7 Å². The van der Waals surface area contributed by atoms with Crippen LogP contribution in [0, 0.1) is 12.8 Å². The van der Waals surface area contributed by atoms with E-state index in [0.717, 1.165) is 26.3 Å². The Balaban J connectivity index is 0.00000288. The van der Waals surface area contributed by atoms with Crippen LogP contribution < -0.4 is 10.6 Å². The van der Waals surface area contributed by atoms with Gasteiger partial charge in [-0.3, -0.25) is 9.69 Å². The number of aryl methyl sites for hydroxylation is 1. The third-order valence-corrected chi connectivity index (χ3v) is 4.38. The van der Waals surface area contributed by atoms with E-state index in [1.807, 2.05) is 14.0 Å². The van der Waals surface area contributed by atoms with Gasteiger partial charge in [0.15, 0.2) is 0 Å². The van der Waals surface area contributed by atoms with Gasteiger partial charge in [0.25, 0.3) is 0 Å². The summed E-state index contributed by atoms with van der Waals surface area (Å²) in [6.45, 7) is 8.69. The highest BCUT2D eigenvalue weighted by Gasteiger charge is 2.24. The molecule has 1 heterocycles. The molecular weight excluding hydrogens is 361 g/mol. The molecule has 1 aliphatic rings. The number of nitrogens with one attached hydrogen (secondary N) is 2. The minimum Gasteiger partial charge on any atom is -0.379 e. The highest BCUT2D eigenvalue weighted by molar-refractivity contribution is 5.85. The van der Waals surface area contributed by atoms with Gasteiger partial charge in [0, 0.05) is 32.1 Å². The fourth-order valence-corrected chi connectivity index (χ4v) is 2.91. The van der Waals surface area contributed by atoms with Crippen molar-refractivity contribution in [1.29, 1.82) is 0 Å². The number of ether oxygens (including phenoxy) is 1. The number of hydrogen-bond donors (Lipinski definition) is 2. The summed E-state index contributed by atoms with van der Waals surface area (Å²) in [6, 6.07) is 8.80. The van der Waals surface area contributed by atoms with E-state index in [2.05, 4.69) is 46.7 Å². The van der Waals surface area contributed by atoms with Crippen LogP contribution >= 0.6 is 24.8 Å². The molecular formula is C18H31Cl2N3O2. The summed E-state index contributed by atoms with van der Waals surface area (Å²) < 4.78 is 5.46. The van der Waals surface area contributed by atoms with Gasteiger partial charge >= 0.3 is 0 Å². The zero-order valence-corrected chi connectivity index (χ0v) is 16.9. The molecule has 2 atom stereocenters. The number of rotatable bonds is 7. The van der Waals surface area contributed by atoms with Crippen LogP contribution in [-0.4, -0.2) is 57.2 Å². The zero-order chi connectivity index (χ0) is 16.7. The van der Waals surface area contributed by atoms with Crippen LogP contribution in [-0.2, 0) is 9.53 Å². The van der Waals surface area contributed by atoms with Gasteiger partial charge in [-0.05, 0) is 19.5 Å². The molecule has 1 aromatic rings. The first kappa shape index (κ1) is 24.1. The van der Waals surface area contributed by atoms with E-state index >= 15 is 0 Å². The lowest BCUT2D eigenvalue weighted by Crippen LogP contribution is -2.45. The first-order valence-corrected chi connectivity index (χ1v) is 8.42. The van der Waals surface area contributed by atoms with Gasteiger partial charge in [-0.1, -0.05) is 36.8 Å². The van der Waals surface area contributed by atoms with Crippen LogP contribution in [0.5, 0.6) is 0 Å². The first-order chi connectivity index (χ1) is 11.1. The normalized spacial score (nSPS) is 16.9. The van der Waals surface area contributed by atoms with E-state index in [1.165, 1.54) is 11.1 Å². The molecule has 0 saturated carbocycles. The first-order valence-electron chi connectivity index (χ1n) is 8.42. The number of carbonyl (C=O) groups is 1. The second-order valence-electron chi connectivity index (χ2n) is 6.28. The Labute approximate surface area is 163 Å². The van der Waals surface area contributed by atoms with Gasteiger partial charge in [0.05, 0.1) is 19.3 Å². The largest absolute Gasteiger partial charge is 0.379 e. The SMILES string of the molecule is CNCC(C)C(=O)NCC(c1ccc(C)cc1)N1CCOCC1.Cl.Cl. The monoisotopic (exact) mass is 391 g/mol. The summed E-state index contributed by atoms with van der Waals surface area (Å²) in [4.78, 5) is 14.6. The van der Waals surface area contributed by atoms with Gasteiger partial charge in [0.2, 0.25) is 5.91 Å². The summed E-state index contributed by atoms with van der Waals surface area (Å²) in [5.41, 5.74) is 2.50. The van der Waals surface area contributed by atoms with Gasteiger partial charge in [-0.15, -0.1) is 24.8 Å². The lowest BCUT2D eigenvalue weighted by Gasteiger charge is -2.35. The summed E-state index contributed by atoms with van der Waals surface area (Å²) in [7, 11) is 1.87. The Morgan fingerprint density at radius 1 is 1.16 bits per heavy atom. The van der Waals surface area contributed by atoms with Crippen LogP contribution in [0.3, 0.4) is 0 Å². The predicted octanol–water partition coefficient (Wildman–Crippen LogP) is 2.18. The Morgan fingerprint density at radius 3 is 2.32 bits per heavy atom. The number of amides is 1. The van der Waals surface area contributed by atoms with Gasteiger partial charge < -0.3 is 15.4 Å². The van der Waals surface area contributed by atoms with E-state index in [1.54, 1.807) is 0 Å². The number of nitrogens with zero attached hydrogens (tertiary/aromatic N) is 1. The molecule has 1 aliphatic heterocycles. The van der Waals surface area contributed by atoms with Crippen LogP contribution in [0.25, 0.3) is 0 Å². The van der Waals surface area contributed by atoms with Crippen LogP contribution in [0.15, 0.2) is 24.3 Å². The molecule has 144 valence electrons. The van der Waals surface area contributed by atoms with Gasteiger partial charge in [0.1, 0.15) is 0 Å². The van der Waals surface area contributed by atoms with Crippen molar-refractivity contribution in [1.82, 2.24) is 15.5 Å². The van der Waals surface area contributed by atoms with Crippen molar-refractivity contribution < 1.29 is 9.53 Å². The average Bonchev–Trinajstić information content (AvgIpc) is 2.57. The van der Waals surface area contributed by atoms with Crippen molar-refractivity contribution in [3.8, 4) is 0 Å². The van der Waals surface area contributed by atoms with Crippen molar-refractivity contribution in [3.05, 3.63) is 35.4 Å². The zero-order valence-electron chi connectivity index (χ0n) is 15.3. The minimum atomic E-state index is -0.0247. The molecule has 0 aliphatic carbocycles. The Bertz CT molecular complexity index is 494. The molecule has 2 N–H and O–H groups in total. The van der Waals surface area contributed by atoms with Crippen molar-refractivity contribution >= 4 is 30.7 Å². The number of morpholine rings is 1. The van der Waals surface area contributed by atoms with Crippen molar-refractivity contribution in [2.24, 2.45) is 5.92 Å².